The van der Waals surface area contributed by atoms with Crippen molar-refractivity contribution in [2.24, 2.45) is 0 Å². The minimum atomic E-state index is -3.68. The Morgan fingerprint density at radius 3 is 2.37 bits per heavy atom. The maximum Gasteiger partial charge on any atom is 0.253 e. The van der Waals surface area contributed by atoms with Crippen LogP contribution in [0, 0.1) is 0 Å². The Kier molecular flexibility index (Phi) is 7.58. The molecular weight excluding hydrogens is 544 g/mol. The van der Waals surface area contributed by atoms with Crippen molar-refractivity contribution in [1.29, 1.82) is 0 Å². The second kappa shape index (κ2) is 10.9. The summed E-state index contributed by atoms with van der Waals surface area (Å²) in [6.07, 6.45) is 0. The molecule has 38 heavy (non-hydrogen) atoms. The van der Waals surface area contributed by atoms with Crippen molar-refractivity contribution >= 4 is 54.2 Å². The first kappa shape index (κ1) is 26.4. The summed E-state index contributed by atoms with van der Waals surface area (Å²) in [4.78, 5) is 22.0. The third kappa shape index (κ3) is 5.22. The summed E-state index contributed by atoms with van der Waals surface area (Å²) in [6, 6.07) is 19.2. The molecular formula is C27H27ClN4O4S2. The van der Waals surface area contributed by atoms with Crippen molar-refractivity contribution in [1.82, 2.24) is 14.2 Å². The first-order chi connectivity index (χ1) is 18.3. The molecule has 1 aliphatic rings. The van der Waals surface area contributed by atoms with E-state index in [1.54, 1.807) is 37.3 Å². The van der Waals surface area contributed by atoms with E-state index in [1.165, 1.54) is 27.8 Å². The van der Waals surface area contributed by atoms with E-state index in [0.29, 0.717) is 42.5 Å². The Morgan fingerprint density at radius 2 is 1.71 bits per heavy atom. The van der Waals surface area contributed by atoms with Crippen molar-refractivity contribution in [3.8, 4) is 5.75 Å². The zero-order chi connectivity index (χ0) is 26.9. The van der Waals surface area contributed by atoms with Gasteiger partial charge in [0, 0.05) is 45.3 Å². The summed E-state index contributed by atoms with van der Waals surface area (Å²) < 4.78 is 33.7. The molecule has 4 aromatic rings. The van der Waals surface area contributed by atoms with E-state index in [1.807, 2.05) is 36.4 Å². The second-order valence-electron chi connectivity index (χ2n) is 8.97. The molecule has 3 aromatic carbocycles. The lowest BCUT2D eigenvalue weighted by Crippen LogP contribution is -2.48. The first-order valence-corrected chi connectivity index (χ1v) is 14.7. The average molecular weight is 571 g/mol. The zero-order valence-electron chi connectivity index (χ0n) is 21.0. The molecule has 198 valence electrons. The number of anilines is 1. The van der Waals surface area contributed by atoms with E-state index in [4.69, 9.17) is 21.3 Å². The number of halogens is 1. The van der Waals surface area contributed by atoms with E-state index in [-0.39, 0.29) is 17.3 Å². The Labute approximate surface area is 231 Å². The summed E-state index contributed by atoms with van der Waals surface area (Å²) in [6.45, 7) is 2.57. The predicted octanol–water partition coefficient (Wildman–Crippen LogP) is 4.74. The van der Waals surface area contributed by atoms with Crippen molar-refractivity contribution in [3.63, 3.8) is 0 Å². The van der Waals surface area contributed by atoms with Gasteiger partial charge in [0.05, 0.1) is 21.7 Å². The van der Waals surface area contributed by atoms with Gasteiger partial charge in [0.15, 0.2) is 5.13 Å². The largest absolute Gasteiger partial charge is 0.494 e. The number of ether oxygens (including phenoxy) is 1. The van der Waals surface area contributed by atoms with Crippen molar-refractivity contribution < 1.29 is 17.9 Å². The number of sulfonamides is 1. The highest BCUT2D eigenvalue weighted by atomic mass is 35.5. The molecule has 11 heteroatoms. The number of carbonyl (C=O) groups is 1. The standard InChI is InChI=1S/C27H27ClN4O4S2/c1-30(18-19-6-4-3-5-7-19)38(34,35)21-10-8-20(9-11-21)26(33)31-14-16-32(17-15-31)27-29-24-23(36-2)13-12-22(28)25(24)37-27/h3-13H,14-18H2,1-2H3. The number of hydrogen-bond acceptors (Lipinski definition) is 7. The smallest absolute Gasteiger partial charge is 0.253 e. The van der Waals surface area contributed by atoms with Gasteiger partial charge in [0.25, 0.3) is 5.91 Å². The summed E-state index contributed by atoms with van der Waals surface area (Å²) in [5, 5.41) is 1.47. The van der Waals surface area contributed by atoms with Gasteiger partial charge in [0.1, 0.15) is 11.3 Å². The Balaban J connectivity index is 1.23. The molecule has 0 bridgehead atoms. The monoisotopic (exact) mass is 570 g/mol. The van der Waals surface area contributed by atoms with E-state index in [9.17, 15) is 13.2 Å². The molecule has 0 aliphatic carbocycles. The van der Waals surface area contributed by atoms with E-state index >= 15 is 0 Å². The number of aromatic nitrogens is 1. The van der Waals surface area contributed by atoms with Gasteiger partial charge in [-0.15, -0.1) is 0 Å². The molecule has 0 atom stereocenters. The molecule has 1 aromatic heterocycles. The van der Waals surface area contributed by atoms with Crippen molar-refractivity contribution in [2.75, 3.05) is 45.2 Å². The van der Waals surface area contributed by atoms with Gasteiger partial charge in [-0.1, -0.05) is 53.3 Å². The van der Waals surface area contributed by atoms with Crippen molar-refractivity contribution in [2.45, 2.75) is 11.4 Å². The molecule has 0 N–H and O–H groups in total. The Morgan fingerprint density at radius 1 is 1.03 bits per heavy atom. The molecule has 1 saturated heterocycles. The zero-order valence-corrected chi connectivity index (χ0v) is 23.4. The second-order valence-corrected chi connectivity index (χ2v) is 12.4. The number of amides is 1. The van der Waals surface area contributed by atoms with E-state index in [0.717, 1.165) is 20.9 Å². The Hall–Kier alpha value is -3.18. The molecule has 5 rings (SSSR count). The lowest BCUT2D eigenvalue weighted by Gasteiger charge is -2.34. The summed E-state index contributed by atoms with van der Waals surface area (Å²) in [5.74, 6) is 0.553. The molecule has 1 fully saturated rings. The normalized spacial score (nSPS) is 14.3. The first-order valence-electron chi connectivity index (χ1n) is 12.1. The molecule has 8 nitrogen and oxygen atoms in total. The number of piperazine rings is 1. The molecule has 0 saturated carbocycles. The van der Waals surface area contributed by atoms with Crippen LogP contribution >= 0.6 is 22.9 Å². The summed E-state index contributed by atoms with van der Waals surface area (Å²) in [5.41, 5.74) is 2.10. The van der Waals surface area contributed by atoms with Gasteiger partial charge in [0.2, 0.25) is 10.0 Å². The quantitative estimate of drug-likeness (QED) is 0.319. The molecule has 1 aliphatic heterocycles. The van der Waals surface area contributed by atoms with Crippen LogP contribution in [0.5, 0.6) is 5.75 Å². The fourth-order valence-electron chi connectivity index (χ4n) is 4.40. The van der Waals surface area contributed by atoms with Crippen LogP contribution in [0.2, 0.25) is 5.02 Å². The molecule has 0 radical (unpaired) electrons. The number of carbonyl (C=O) groups excluding carboxylic acids is 1. The highest BCUT2D eigenvalue weighted by molar-refractivity contribution is 7.89. The lowest BCUT2D eigenvalue weighted by molar-refractivity contribution is 0.0746. The van der Waals surface area contributed by atoms with Crippen LogP contribution in [-0.2, 0) is 16.6 Å². The van der Waals surface area contributed by atoms with Crippen LogP contribution < -0.4 is 9.64 Å². The number of benzene rings is 3. The van der Waals surface area contributed by atoms with Crippen LogP contribution in [0.4, 0.5) is 5.13 Å². The van der Waals surface area contributed by atoms with Crippen LogP contribution in [0.15, 0.2) is 71.6 Å². The topological polar surface area (TPSA) is 83.0 Å². The minimum absolute atomic E-state index is 0.125. The van der Waals surface area contributed by atoms with Crippen LogP contribution in [0.25, 0.3) is 10.2 Å². The minimum Gasteiger partial charge on any atom is -0.494 e. The molecule has 0 unspecified atom stereocenters. The van der Waals surface area contributed by atoms with E-state index < -0.39 is 10.0 Å². The van der Waals surface area contributed by atoms with Crippen molar-refractivity contribution in [3.05, 3.63) is 82.9 Å². The Bertz CT molecular complexity index is 1550. The number of rotatable bonds is 7. The number of thiazole rings is 1. The third-order valence-corrected chi connectivity index (χ3v) is 9.96. The highest BCUT2D eigenvalue weighted by Gasteiger charge is 2.26. The fraction of sp³-hybridized carbons (Fsp3) is 0.259. The lowest BCUT2D eigenvalue weighted by atomic mass is 10.2. The molecule has 1 amide bonds. The molecule has 2 heterocycles. The van der Waals surface area contributed by atoms with Gasteiger partial charge >= 0.3 is 0 Å². The summed E-state index contributed by atoms with van der Waals surface area (Å²) in [7, 11) is -0.524. The third-order valence-electron chi connectivity index (χ3n) is 6.56. The highest BCUT2D eigenvalue weighted by Crippen LogP contribution is 2.38. The number of fused-ring (bicyclic) bond motifs is 1. The van der Waals surface area contributed by atoms with Gasteiger partial charge in [-0.25, -0.2) is 13.4 Å². The number of nitrogens with zero attached hydrogens (tertiary/aromatic N) is 4. The van der Waals surface area contributed by atoms with Crippen LogP contribution in [0.1, 0.15) is 15.9 Å². The SMILES string of the molecule is COc1ccc(Cl)c2sc(N3CCN(C(=O)c4ccc(S(=O)(=O)N(C)Cc5ccccc5)cc4)CC3)nc12. The average Bonchev–Trinajstić information content (AvgIpc) is 3.40. The number of hydrogen-bond donors (Lipinski definition) is 0. The van der Waals surface area contributed by atoms with Gasteiger partial charge in [-0.2, -0.15) is 4.31 Å². The van der Waals surface area contributed by atoms with Gasteiger partial charge < -0.3 is 14.5 Å². The summed E-state index contributed by atoms with van der Waals surface area (Å²) >= 11 is 7.88. The number of methoxy groups -OCH3 is 1. The maximum atomic E-state index is 13.1. The van der Waals surface area contributed by atoms with Gasteiger partial charge in [-0.3, -0.25) is 4.79 Å². The van der Waals surface area contributed by atoms with E-state index in [2.05, 4.69) is 4.90 Å². The maximum absolute atomic E-state index is 13.1. The predicted molar refractivity (Wildman–Crippen MR) is 151 cm³/mol. The van der Waals surface area contributed by atoms with Gasteiger partial charge in [-0.05, 0) is 42.0 Å². The van der Waals surface area contributed by atoms with Crippen LogP contribution in [-0.4, -0.2) is 68.9 Å². The fourth-order valence-corrected chi connectivity index (χ4v) is 6.87. The van der Waals surface area contributed by atoms with Crippen LogP contribution in [0.3, 0.4) is 0 Å². The molecule has 0 spiro atoms.